The summed E-state index contributed by atoms with van der Waals surface area (Å²) in [4.78, 5) is 7.76. The van der Waals surface area contributed by atoms with Crippen molar-refractivity contribution < 1.29 is 9.52 Å². The van der Waals surface area contributed by atoms with E-state index in [0.717, 1.165) is 12.8 Å². The molecule has 7 nitrogen and oxygen atoms in total. The third kappa shape index (κ3) is 4.30. The number of aromatic nitrogens is 2. The number of nitrogens with zero attached hydrogens (tertiary/aromatic N) is 3. The van der Waals surface area contributed by atoms with E-state index in [0.29, 0.717) is 22.7 Å². The number of pyridine rings is 1. The first-order valence-electron chi connectivity index (χ1n) is 8.52. The van der Waals surface area contributed by atoms with Gasteiger partial charge in [0, 0.05) is 17.4 Å². The van der Waals surface area contributed by atoms with Gasteiger partial charge in [-0.2, -0.15) is 5.26 Å². The summed E-state index contributed by atoms with van der Waals surface area (Å²) in [5.41, 5.74) is 9.83. The van der Waals surface area contributed by atoms with Gasteiger partial charge in [0.05, 0.1) is 6.20 Å². The van der Waals surface area contributed by atoms with E-state index in [1.54, 1.807) is 0 Å². The van der Waals surface area contributed by atoms with Crippen molar-refractivity contribution >= 4 is 11.4 Å². The maximum absolute atomic E-state index is 9.29. The second-order valence-electron chi connectivity index (χ2n) is 6.17. The van der Waals surface area contributed by atoms with Crippen LogP contribution in [-0.4, -0.2) is 20.8 Å². The number of hydrogen-bond donors (Lipinski definition) is 3. The summed E-state index contributed by atoms with van der Waals surface area (Å²) in [6, 6.07) is 8.41. The summed E-state index contributed by atoms with van der Waals surface area (Å²) in [6.07, 6.45) is 9.28. The Morgan fingerprint density at radius 3 is 2.67 bits per heavy atom. The zero-order chi connectivity index (χ0) is 19.2. The molecular weight excluding hydrogens is 342 g/mol. The third-order valence-electron chi connectivity index (χ3n) is 4.32. The minimum atomic E-state index is 0.0588. The number of phenolic OH excluding ortho intramolecular Hbond substituents is 1. The predicted molar refractivity (Wildman–Crippen MR) is 101 cm³/mol. The van der Waals surface area contributed by atoms with E-state index in [9.17, 15) is 5.11 Å². The van der Waals surface area contributed by atoms with Crippen LogP contribution in [0.5, 0.6) is 5.75 Å². The Morgan fingerprint density at radius 2 is 1.96 bits per heavy atom. The summed E-state index contributed by atoms with van der Waals surface area (Å²) >= 11 is 0. The highest BCUT2D eigenvalue weighted by molar-refractivity contribution is 6.12. The quantitative estimate of drug-likeness (QED) is 0.365. The molecule has 0 aliphatic heterocycles. The number of nitriles is 1. The molecule has 0 saturated carbocycles. The molecule has 0 radical (unpaired) electrons. The van der Waals surface area contributed by atoms with Gasteiger partial charge in [-0.05, 0) is 61.1 Å². The molecule has 1 aromatic carbocycles. The lowest BCUT2D eigenvalue weighted by Gasteiger charge is -2.14. The van der Waals surface area contributed by atoms with Crippen molar-refractivity contribution in [3.8, 4) is 11.8 Å². The van der Waals surface area contributed by atoms with E-state index in [1.807, 2.05) is 12.3 Å². The second kappa shape index (κ2) is 8.15. The van der Waals surface area contributed by atoms with Crippen molar-refractivity contribution in [2.75, 3.05) is 5.73 Å². The van der Waals surface area contributed by atoms with Crippen LogP contribution < -0.4 is 5.73 Å². The average molecular weight is 361 g/mol. The molecule has 0 saturated heterocycles. The fourth-order valence-corrected chi connectivity index (χ4v) is 2.91. The number of nitrogen functional groups attached to an aromatic ring is 1. The minimum absolute atomic E-state index is 0.0588. The molecule has 0 unspecified atom stereocenters. The molecule has 27 heavy (non-hydrogen) atoms. The van der Waals surface area contributed by atoms with E-state index >= 15 is 0 Å². The number of rotatable bonds is 2. The Hall–Kier alpha value is -3.66. The smallest absolute Gasteiger partial charge is 0.181 e. The number of aryl methyl sites for hydroxylation is 2. The van der Waals surface area contributed by atoms with Crippen molar-refractivity contribution in [3.63, 3.8) is 0 Å². The van der Waals surface area contributed by atoms with Gasteiger partial charge < -0.3 is 15.3 Å². The fraction of sp³-hybridized carbons (Fsp3) is 0.200. The van der Waals surface area contributed by atoms with Gasteiger partial charge in [0.25, 0.3) is 0 Å². The number of anilines is 1. The number of nitrogens with two attached hydrogens (primary N) is 1. The predicted octanol–water partition coefficient (Wildman–Crippen LogP) is 3.21. The van der Waals surface area contributed by atoms with Crippen molar-refractivity contribution in [3.05, 3.63) is 71.2 Å². The van der Waals surface area contributed by atoms with Crippen LogP contribution in [0.25, 0.3) is 0 Å². The summed E-state index contributed by atoms with van der Waals surface area (Å²) in [5, 5.41) is 25.7. The summed E-state index contributed by atoms with van der Waals surface area (Å²) in [7, 11) is 0. The first kappa shape index (κ1) is 18.1. The molecule has 1 aliphatic rings. The number of fused-ring (bicyclic) bond motifs is 1. The van der Waals surface area contributed by atoms with Crippen LogP contribution in [0.4, 0.5) is 5.69 Å². The van der Waals surface area contributed by atoms with Crippen molar-refractivity contribution in [2.45, 2.75) is 25.7 Å². The van der Waals surface area contributed by atoms with Gasteiger partial charge in [0.15, 0.2) is 12.2 Å². The maximum Gasteiger partial charge on any atom is 0.181 e. The molecule has 136 valence electrons. The van der Waals surface area contributed by atoms with Crippen LogP contribution in [0, 0.1) is 16.7 Å². The number of benzene rings is 1. The lowest BCUT2D eigenvalue weighted by atomic mass is 9.93. The Labute approximate surface area is 156 Å². The van der Waals surface area contributed by atoms with Crippen LogP contribution in [-0.2, 0) is 12.8 Å². The normalized spacial score (nSPS) is 12.3. The molecule has 4 rings (SSSR count). The van der Waals surface area contributed by atoms with Crippen LogP contribution >= 0.6 is 0 Å². The first-order chi connectivity index (χ1) is 13.1. The fourth-order valence-electron chi connectivity index (χ4n) is 2.91. The minimum Gasteiger partial charge on any atom is -0.508 e. The zero-order valence-corrected chi connectivity index (χ0v) is 14.6. The van der Waals surface area contributed by atoms with E-state index in [-0.39, 0.29) is 11.5 Å². The summed E-state index contributed by atoms with van der Waals surface area (Å²) in [6.45, 7) is 0. The van der Waals surface area contributed by atoms with Gasteiger partial charge >= 0.3 is 0 Å². The topological polar surface area (TPSA) is 133 Å². The Morgan fingerprint density at radius 1 is 1.19 bits per heavy atom. The molecule has 1 aliphatic carbocycles. The van der Waals surface area contributed by atoms with E-state index in [4.69, 9.17) is 20.8 Å². The SMILES string of the molecule is N#Cc1cc2c(cn1)CCCC2.N=C(c1cnco1)c1cc(O)ccc1N. The van der Waals surface area contributed by atoms with Crippen LogP contribution in [0.15, 0.2) is 47.5 Å². The number of aromatic hydroxyl groups is 1. The van der Waals surface area contributed by atoms with Crippen LogP contribution in [0.3, 0.4) is 0 Å². The summed E-state index contributed by atoms with van der Waals surface area (Å²) < 4.78 is 4.97. The average Bonchev–Trinajstić information content (AvgIpc) is 3.24. The molecule has 0 spiro atoms. The van der Waals surface area contributed by atoms with Gasteiger partial charge in [-0.25, -0.2) is 9.97 Å². The molecule has 0 atom stereocenters. The number of nitrogens with one attached hydrogen (secondary N) is 1. The highest BCUT2D eigenvalue weighted by atomic mass is 16.3. The largest absolute Gasteiger partial charge is 0.508 e. The molecule has 7 heteroatoms. The number of phenols is 1. The molecule has 2 heterocycles. The van der Waals surface area contributed by atoms with Gasteiger partial charge in [0.2, 0.25) is 0 Å². The maximum atomic E-state index is 9.29. The van der Waals surface area contributed by atoms with E-state index in [2.05, 4.69) is 16.0 Å². The Balaban J connectivity index is 0.000000159. The van der Waals surface area contributed by atoms with Crippen molar-refractivity contribution in [1.82, 2.24) is 9.97 Å². The van der Waals surface area contributed by atoms with Crippen LogP contribution in [0.1, 0.15) is 41.0 Å². The zero-order valence-electron chi connectivity index (χ0n) is 14.6. The van der Waals surface area contributed by atoms with Gasteiger partial charge in [-0.1, -0.05) is 0 Å². The standard InChI is InChI=1S/C10H9N3O2.C10H10N2/c11-8-2-1-6(14)3-7(8)10(12)9-4-13-5-15-9;11-6-10-5-8-3-1-2-4-9(8)7-12-10/h1-5,12,14H,11H2;5,7H,1-4H2. The highest BCUT2D eigenvalue weighted by Crippen LogP contribution is 2.21. The molecule has 3 aromatic rings. The lowest BCUT2D eigenvalue weighted by molar-refractivity contribution is 0.475. The first-order valence-corrected chi connectivity index (χ1v) is 8.52. The number of hydrogen-bond acceptors (Lipinski definition) is 7. The molecular formula is C20H19N5O2. The van der Waals surface area contributed by atoms with Gasteiger partial charge in [-0.15, -0.1) is 0 Å². The summed E-state index contributed by atoms with van der Waals surface area (Å²) in [5.74, 6) is 0.371. The van der Waals surface area contributed by atoms with Crippen LogP contribution in [0.2, 0.25) is 0 Å². The molecule has 0 amide bonds. The monoisotopic (exact) mass is 361 g/mol. The Kier molecular flexibility index (Phi) is 5.47. The number of oxazole rings is 1. The van der Waals surface area contributed by atoms with E-state index in [1.165, 1.54) is 54.8 Å². The highest BCUT2D eigenvalue weighted by Gasteiger charge is 2.12. The molecule has 0 fully saturated rings. The molecule has 2 aromatic heterocycles. The molecule has 4 N–H and O–H groups in total. The van der Waals surface area contributed by atoms with Crippen molar-refractivity contribution in [1.29, 1.82) is 10.7 Å². The lowest BCUT2D eigenvalue weighted by Crippen LogP contribution is -2.04. The molecule has 0 bridgehead atoms. The second-order valence-corrected chi connectivity index (χ2v) is 6.17. The van der Waals surface area contributed by atoms with Crippen molar-refractivity contribution in [2.24, 2.45) is 0 Å². The van der Waals surface area contributed by atoms with Gasteiger partial charge in [0.1, 0.15) is 23.2 Å². The third-order valence-corrected chi connectivity index (χ3v) is 4.32. The van der Waals surface area contributed by atoms with E-state index < -0.39 is 0 Å². The Bertz CT molecular complexity index is 990. The van der Waals surface area contributed by atoms with Gasteiger partial charge in [-0.3, -0.25) is 5.41 Å².